The zero-order chi connectivity index (χ0) is 37.9. The summed E-state index contributed by atoms with van der Waals surface area (Å²) in [4.78, 5) is 10.9. The van der Waals surface area contributed by atoms with Crippen LogP contribution in [0.25, 0.3) is 105 Å². The lowest BCUT2D eigenvalue weighted by atomic mass is 9.91. The van der Waals surface area contributed by atoms with Crippen LogP contribution in [0.1, 0.15) is 5.56 Å². The molecular formula is C53H32N4. The van der Waals surface area contributed by atoms with Gasteiger partial charge in [0.15, 0.2) is 0 Å². The molecule has 0 saturated carbocycles. The fraction of sp³-hybridized carbons (Fsp3) is 0. The molecular weight excluding hydrogens is 693 g/mol. The van der Waals surface area contributed by atoms with E-state index in [2.05, 4.69) is 174 Å². The first kappa shape index (κ1) is 32.6. The molecule has 0 saturated heterocycles. The number of nitriles is 1. The largest absolute Gasteiger partial charge is 0.278 e. The van der Waals surface area contributed by atoms with E-state index in [1.54, 1.807) is 0 Å². The van der Waals surface area contributed by atoms with Crippen molar-refractivity contribution in [2.75, 3.05) is 0 Å². The predicted molar refractivity (Wildman–Crippen MR) is 235 cm³/mol. The van der Waals surface area contributed by atoms with Crippen LogP contribution in [-0.4, -0.2) is 14.5 Å². The van der Waals surface area contributed by atoms with Gasteiger partial charge in [-0.1, -0.05) is 146 Å². The standard InChI is InChI=1S/C53H32N4/c54-33-34-18-20-38(21-19-34)45-31-48-49(32-46(45)37-11-2-1-3-12-37)55-53(57-50-17-9-8-16-44(50)47-29-41-14-6-7-15-42(41)30-51(47)57)56-52(48)39-25-22-36(23-26-39)43-27-24-35-10-4-5-13-40(35)28-43/h1-32H. The quantitative estimate of drug-likeness (QED) is 0.178. The van der Waals surface area contributed by atoms with Gasteiger partial charge in [-0.05, 0) is 103 Å². The third-order valence-corrected chi connectivity index (χ3v) is 11.2. The third kappa shape index (κ3) is 5.53. The summed E-state index contributed by atoms with van der Waals surface area (Å²) in [5.74, 6) is 0.614. The summed E-state index contributed by atoms with van der Waals surface area (Å²) < 4.78 is 2.22. The maximum absolute atomic E-state index is 9.59. The molecule has 9 aromatic carbocycles. The second-order valence-electron chi connectivity index (χ2n) is 14.6. The minimum Gasteiger partial charge on any atom is -0.278 e. The first-order valence-electron chi connectivity index (χ1n) is 19.1. The van der Waals surface area contributed by atoms with Crippen molar-refractivity contribution >= 4 is 54.3 Å². The number of fused-ring (bicyclic) bond motifs is 6. The third-order valence-electron chi connectivity index (χ3n) is 11.2. The molecule has 4 nitrogen and oxygen atoms in total. The van der Waals surface area contributed by atoms with Gasteiger partial charge in [-0.25, -0.2) is 9.97 Å². The van der Waals surface area contributed by atoms with Crippen LogP contribution >= 0.6 is 0 Å². The number of para-hydroxylation sites is 1. The normalized spacial score (nSPS) is 11.5. The van der Waals surface area contributed by atoms with Gasteiger partial charge in [-0.15, -0.1) is 0 Å². The van der Waals surface area contributed by atoms with Crippen LogP contribution in [0.3, 0.4) is 0 Å². The first-order valence-corrected chi connectivity index (χ1v) is 19.1. The second kappa shape index (κ2) is 13.2. The minimum absolute atomic E-state index is 0.614. The Balaban J connectivity index is 1.19. The molecule has 0 aliphatic carbocycles. The molecule has 0 bridgehead atoms. The van der Waals surface area contributed by atoms with Gasteiger partial charge in [0, 0.05) is 21.7 Å². The lowest BCUT2D eigenvalue weighted by Gasteiger charge is -2.16. The molecule has 0 aliphatic rings. The van der Waals surface area contributed by atoms with Crippen LogP contribution in [0.5, 0.6) is 0 Å². The van der Waals surface area contributed by atoms with Gasteiger partial charge in [0.25, 0.3) is 0 Å². The monoisotopic (exact) mass is 724 g/mol. The van der Waals surface area contributed by atoms with E-state index in [1.165, 1.54) is 21.7 Å². The van der Waals surface area contributed by atoms with Crippen molar-refractivity contribution in [1.29, 1.82) is 5.26 Å². The van der Waals surface area contributed by atoms with E-state index in [9.17, 15) is 5.26 Å². The first-order chi connectivity index (χ1) is 28.2. The van der Waals surface area contributed by atoms with Gasteiger partial charge in [0.2, 0.25) is 5.95 Å². The lowest BCUT2D eigenvalue weighted by Crippen LogP contribution is -2.04. The number of benzene rings is 9. The highest BCUT2D eigenvalue weighted by Crippen LogP contribution is 2.41. The van der Waals surface area contributed by atoms with Gasteiger partial charge >= 0.3 is 0 Å². The zero-order valence-corrected chi connectivity index (χ0v) is 30.8. The van der Waals surface area contributed by atoms with Crippen molar-refractivity contribution in [3.05, 3.63) is 200 Å². The van der Waals surface area contributed by atoms with Gasteiger partial charge in [0.1, 0.15) is 0 Å². The molecule has 57 heavy (non-hydrogen) atoms. The fourth-order valence-electron chi connectivity index (χ4n) is 8.36. The average Bonchev–Trinajstić information content (AvgIpc) is 3.60. The van der Waals surface area contributed by atoms with Crippen LogP contribution in [0.4, 0.5) is 0 Å². The summed E-state index contributed by atoms with van der Waals surface area (Å²) >= 11 is 0. The SMILES string of the molecule is N#Cc1ccc(-c2cc3c(-c4ccc(-c5ccc6ccccc6c5)cc4)nc(-n4c5ccccc5c5cc6ccccc6cc54)nc3cc2-c2ccccc2)cc1. The van der Waals surface area contributed by atoms with Crippen LogP contribution in [0.2, 0.25) is 0 Å². The van der Waals surface area contributed by atoms with Gasteiger partial charge in [0.05, 0.1) is 33.9 Å². The number of rotatable bonds is 5. The Kier molecular flexibility index (Phi) is 7.52. The fourth-order valence-corrected chi connectivity index (χ4v) is 8.36. The Labute approximate surface area is 329 Å². The van der Waals surface area contributed by atoms with Crippen molar-refractivity contribution in [3.63, 3.8) is 0 Å². The van der Waals surface area contributed by atoms with E-state index in [4.69, 9.17) is 9.97 Å². The molecule has 11 aromatic rings. The maximum Gasteiger partial charge on any atom is 0.235 e. The topological polar surface area (TPSA) is 54.5 Å². The van der Waals surface area contributed by atoms with Crippen LogP contribution in [-0.2, 0) is 0 Å². The molecule has 2 heterocycles. The molecule has 0 radical (unpaired) electrons. The van der Waals surface area contributed by atoms with Crippen molar-refractivity contribution in [2.45, 2.75) is 0 Å². The summed E-state index contributed by atoms with van der Waals surface area (Å²) in [6.45, 7) is 0. The van der Waals surface area contributed by atoms with Gasteiger partial charge < -0.3 is 0 Å². The molecule has 0 amide bonds. The lowest BCUT2D eigenvalue weighted by molar-refractivity contribution is 1.01. The molecule has 4 heteroatoms. The summed E-state index contributed by atoms with van der Waals surface area (Å²) in [5, 5.41) is 17.7. The minimum atomic E-state index is 0.614. The molecule has 0 spiro atoms. The molecule has 0 aliphatic heterocycles. The highest BCUT2D eigenvalue weighted by molar-refractivity contribution is 6.13. The van der Waals surface area contributed by atoms with Crippen LogP contribution in [0, 0.1) is 11.3 Å². The van der Waals surface area contributed by atoms with Crippen molar-refractivity contribution < 1.29 is 0 Å². The van der Waals surface area contributed by atoms with E-state index in [0.717, 1.165) is 77.2 Å². The molecule has 0 fully saturated rings. The van der Waals surface area contributed by atoms with E-state index < -0.39 is 0 Å². The van der Waals surface area contributed by atoms with E-state index in [1.807, 2.05) is 30.3 Å². The molecule has 0 N–H and O–H groups in total. The summed E-state index contributed by atoms with van der Waals surface area (Å²) in [6, 6.07) is 70.4. The predicted octanol–water partition coefficient (Wildman–Crippen LogP) is 13.6. The number of nitrogens with zero attached hydrogens (tertiary/aromatic N) is 4. The summed E-state index contributed by atoms with van der Waals surface area (Å²) in [5.41, 5.74) is 11.9. The van der Waals surface area contributed by atoms with E-state index in [0.29, 0.717) is 11.5 Å². The molecule has 0 atom stereocenters. The molecule has 11 rings (SSSR count). The zero-order valence-electron chi connectivity index (χ0n) is 30.8. The Hall–Kier alpha value is -7.87. The van der Waals surface area contributed by atoms with E-state index in [-0.39, 0.29) is 0 Å². The van der Waals surface area contributed by atoms with Crippen molar-refractivity contribution in [1.82, 2.24) is 14.5 Å². The Bertz CT molecular complexity index is 3390. The molecule has 264 valence electrons. The highest BCUT2D eigenvalue weighted by Gasteiger charge is 2.20. The van der Waals surface area contributed by atoms with E-state index >= 15 is 0 Å². The maximum atomic E-state index is 9.59. The van der Waals surface area contributed by atoms with Crippen molar-refractivity contribution in [3.8, 4) is 56.7 Å². The number of aromatic nitrogens is 3. The van der Waals surface area contributed by atoms with Crippen molar-refractivity contribution in [2.24, 2.45) is 0 Å². The van der Waals surface area contributed by atoms with Gasteiger partial charge in [-0.3, -0.25) is 4.57 Å². The van der Waals surface area contributed by atoms with Crippen LogP contribution < -0.4 is 0 Å². The summed E-state index contributed by atoms with van der Waals surface area (Å²) in [6.07, 6.45) is 0. The number of hydrogen-bond acceptors (Lipinski definition) is 3. The highest BCUT2D eigenvalue weighted by atomic mass is 15.2. The smallest absolute Gasteiger partial charge is 0.235 e. The molecule has 2 aromatic heterocycles. The number of hydrogen-bond donors (Lipinski definition) is 0. The average molecular weight is 725 g/mol. The van der Waals surface area contributed by atoms with Crippen LogP contribution in [0.15, 0.2) is 194 Å². The molecule has 0 unspecified atom stereocenters. The van der Waals surface area contributed by atoms with Gasteiger partial charge in [-0.2, -0.15) is 5.26 Å². The Morgan fingerprint density at radius 2 is 0.982 bits per heavy atom. The second-order valence-corrected chi connectivity index (χ2v) is 14.6. The Morgan fingerprint density at radius 1 is 0.386 bits per heavy atom. The Morgan fingerprint density at radius 3 is 1.75 bits per heavy atom. The summed E-state index contributed by atoms with van der Waals surface area (Å²) in [7, 11) is 0.